The number of amides is 1. The molecule has 0 bridgehead atoms. The molecule has 4 aromatic rings. The Morgan fingerprint density at radius 3 is 2.44 bits per heavy atom. The van der Waals surface area contributed by atoms with Crippen molar-refractivity contribution < 1.29 is 19.1 Å². The summed E-state index contributed by atoms with van der Waals surface area (Å²) in [4.78, 5) is 26.8. The smallest absolute Gasteiger partial charge is 0.341 e. The normalized spacial score (nSPS) is 11.5. The second-order valence-corrected chi connectivity index (χ2v) is 9.66. The van der Waals surface area contributed by atoms with Crippen molar-refractivity contribution in [3.63, 3.8) is 0 Å². The summed E-state index contributed by atoms with van der Waals surface area (Å²) in [7, 11) is 0. The minimum absolute atomic E-state index is 0.0587. The molecule has 36 heavy (non-hydrogen) atoms. The summed E-state index contributed by atoms with van der Waals surface area (Å²) in [6.45, 7) is 4.38. The van der Waals surface area contributed by atoms with Gasteiger partial charge in [-0.15, -0.1) is 11.3 Å². The quantitative estimate of drug-likeness (QED) is 0.232. The molecule has 1 N–H and O–H groups in total. The molecule has 0 unspecified atom stereocenters. The summed E-state index contributed by atoms with van der Waals surface area (Å²) in [5.74, 6) is -0.0225. The van der Waals surface area contributed by atoms with Gasteiger partial charge >= 0.3 is 5.97 Å². The van der Waals surface area contributed by atoms with Gasteiger partial charge in [0.25, 0.3) is 5.91 Å². The average Bonchev–Trinajstić information content (AvgIpc) is 3.32. The van der Waals surface area contributed by atoms with Crippen molar-refractivity contribution in [2.75, 3.05) is 11.9 Å². The summed E-state index contributed by atoms with van der Waals surface area (Å²) in [5.41, 5.74) is 2.79. The molecule has 0 aliphatic rings. The van der Waals surface area contributed by atoms with Crippen LogP contribution in [0.4, 0.5) is 5.00 Å². The Morgan fingerprint density at radius 2 is 1.72 bits per heavy atom. The Bertz CT molecular complexity index is 1340. The van der Waals surface area contributed by atoms with Gasteiger partial charge in [-0.2, -0.15) is 0 Å². The Balaban J connectivity index is 1.52. The number of hydrogen-bond donors (Lipinski definition) is 1. The van der Waals surface area contributed by atoms with E-state index in [1.165, 1.54) is 11.3 Å². The van der Waals surface area contributed by atoms with Gasteiger partial charge in [-0.05, 0) is 60.5 Å². The van der Waals surface area contributed by atoms with Crippen LogP contribution in [0.15, 0.2) is 84.9 Å². The summed E-state index contributed by atoms with van der Waals surface area (Å²) >= 11 is 7.31. The van der Waals surface area contributed by atoms with Crippen LogP contribution in [0.3, 0.4) is 0 Å². The predicted molar refractivity (Wildman–Crippen MR) is 144 cm³/mol. The van der Waals surface area contributed by atoms with Crippen molar-refractivity contribution in [3.05, 3.63) is 117 Å². The first-order valence-electron chi connectivity index (χ1n) is 11.6. The van der Waals surface area contributed by atoms with Crippen LogP contribution in [-0.2, 0) is 11.3 Å². The second kappa shape index (κ2) is 11.9. The van der Waals surface area contributed by atoms with E-state index in [-0.39, 0.29) is 18.4 Å². The molecule has 0 fully saturated rings. The van der Waals surface area contributed by atoms with Crippen molar-refractivity contribution >= 4 is 39.8 Å². The highest BCUT2D eigenvalue weighted by Gasteiger charge is 2.22. The molecule has 1 aromatic heterocycles. The summed E-state index contributed by atoms with van der Waals surface area (Å²) in [5, 5.41) is 4.03. The maximum atomic E-state index is 13.1. The fourth-order valence-electron chi connectivity index (χ4n) is 3.66. The lowest BCUT2D eigenvalue weighted by atomic mass is 9.99. The number of ether oxygens (including phenoxy) is 2. The molecule has 7 heteroatoms. The Kier molecular flexibility index (Phi) is 8.41. The lowest BCUT2D eigenvalue weighted by Gasteiger charge is -2.10. The molecule has 0 saturated carbocycles. The van der Waals surface area contributed by atoms with E-state index in [0.717, 1.165) is 16.0 Å². The van der Waals surface area contributed by atoms with Crippen LogP contribution in [0.1, 0.15) is 56.5 Å². The lowest BCUT2D eigenvalue weighted by molar-refractivity contribution is 0.0528. The molecule has 0 spiro atoms. The number of halogens is 1. The summed E-state index contributed by atoms with van der Waals surface area (Å²) in [6, 6.07) is 26.1. The number of carbonyl (C=O) groups is 2. The van der Waals surface area contributed by atoms with E-state index in [9.17, 15) is 9.59 Å². The third-order valence-electron chi connectivity index (χ3n) is 5.61. The molecule has 0 radical (unpaired) electrons. The van der Waals surface area contributed by atoms with Crippen molar-refractivity contribution in [2.24, 2.45) is 0 Å². The minimum atomic E-state index is -0.458. The first kappa shape index (κ1) is 25.5. The molecule has 1 atom stereocenters. The fourth-order valence-corrected chi connectivity index (χ4v) is 4.91. The van der Waals surface area contributed by atoms with Gasteiger partial charge in [0.1, 0.15) is 17.4 Å². The average molecular weight is 520 g/mol. The number of anilines is 1. The number of esters is 1. The topological polar surface area (TPSA) is 64.6 Å². The SMILES string of the molecule is CCOC(=O)c1cc([C@@H](C)c2ccccc2)sc1NC(=O)c1cccc(COc2ccc(Cl)cc2)c1. The van der Waals surface area contributed by atoms with E-state index in [1.54, 1.807) is 49.4 Å². The van der Waals surface area contributed by atoms with Crippen LogP contribution >= 0.6 is 22.9 Å². The molecule has 1 heterocycles. The molecular weight excluding hydrogens is 494 g/mol. The van der Waals surface area contributed by atoms with E-state index in [1.807, 2.05) is 42.5 Å². The van der Waals surface area contributed by atoms with Crippen LogP contribution in [0.25, 0.3) is 0 Å². The van der Waals surface area contributed by atoms with E-state index in [4.69, 9.17) is 21.1 Å². The van der Waals surface area contributed by atoms with Crippen molar-refractivity contribution in [1.29, 1.82) is 0 Å². The van der Waals surface area contributed by atoms with Crippen LogP contribution in [0.5, 0.6) is 5.75 Å². The van der Waals surface area contributed by atoms with Gasteiger partial charge < -0.3 is 14.8 Å². The van der Waals surface area contributed by atoms with E-state index < -0.39 is 5.97 Å². The van der Waals surface area contributed by atoms with Gasteiger partial charge in [0.15, 0.2) is 0 Å². The van der Waals surface area contributed by atoms with Crippen LogP contribution in [0, 0.1) is 0 Å². The van der Waals surface area contributed by atoms with E-state index in [0.29, 0.717) is 33.5 Å². The zero-order chi connectivity index (χ0) is 25.5. The van der Waals surface area contributed by atoms with Gasteiger partial charge in [-0.3, -0.25) is 4.79 Å². The first-order chi connectivity index (χ1) is 17.4. The van der Waals surface area contributed by atoms with Gasteiger partial charge in [0, 0.05) is 21.4 Å². The largest absolute Gasteiger partial charge is 0.489 e. The molecule has 1 amide bonds. The number of nitrogens with one attached hydrogen (secondary N) is 1. The zero-order valence-electron chi connectivity index (χ0n) is 20.0. The Morgan fingerprint density at radius 1 is 0.972 bits per heavy atom. The fraction of sp³-hybridized carbons (Fsp3) is 0.172. The van der Waals surface area contributed by atoms with Crippen LogP contribution < -0.4 is 10.1 Å². The number of carbonyl (C=O) groups excluding carboxylic acids is 2. The molecule has 4 rings (SSSR count). The van der Waals surface area contributed by atoms with E-state index in [2.05, 4.69) is 12.2 Å². The standard InChI is InChI=1S/C29H26ClNO4S/c1-3-34-29(33)25-17-26(19(2)21-9-5-4-6-10-21)36-28(25)31-27(32)22-11-7-8-20(16-22)18-35-24-14-12-23(30)13-15-24/h4-17,19H,3,18H2,1-2H3,(H,31,32)/t19-/m0/s1. The minimum Gasteiger partial charge on any atom is -0.489 e. The summed E-state index contributed by atoms with van der Waals surface area (Å²) in [6.07, 6.45) is 0. The third-order valence-corrected chi connectivity index (χ3v) is 7.09. The Labute approximate surface area is 219 Å². The highest BCUT2D eigenvalue weighted by atomic mass is 35.5. The monoisotopic (exact) mass is 519 g/mol. The number of rotatable bonds is 9. The number of thiophene rings is 1. The molecule has 0 saturated heterocycles. The number of hydrogen-bond acceptors (Lipinski definition) is 5. The van der Waals surface area contributed by atoms with Crippen LogP contribution in [-0.4, -0.2) is 18.5 Å². The maximum absolute atomic E-state index is 13.1. The molecule has 0 aliphatic carbocycles. The van der Waals surface area contributed by atoms with Crippen LogP contribution in [0.2, 0.25) is 5.02 Å². The molecule has 0 aliphatic heterocycles. The molecular formula is C29H26ClNO4S. The third kappa shape index (κ3) is 6.33. The van der Waals surface area contributed by atoms with Crippen molar-refractivity contribution in [3.8, 4) is 5.75 Å². The van der Waals surface area contributed by atoms with Gasteiger partial charge in [0.2, 0.25) is 0 Å². The van der Waals surface area contributed by atoms with Gasteiger partial charge in [-0.25, -0.2) is 4.79 Å². The zero-order valence-corrected chi connectivity index (χ0v) is 21.6. The molecule has 5 nitrogen and oxygen atoms in total. The summed E-state index contributed by atoms with van der Waals surface area (Å²) < 4.78 is 11.0. The highest BCUT2D eigenvalue weighted by molar-refractivity contribution is 7.16. The van der Waals surface area contributed by atoms with E-state index >= 15 is 0 Å². The van der Waals surface area contributed by atoms with Gasteiger partial charge in [-0.1, -0.05) is 61.0 Å². The predicted octanol–water partition coefficient (Wildman–Crippen LogP) is 7.56. The number of benzene rings is 3. The van der Waals surface area contributed by atoms with Crippen molar-refractivity contribution in [1.82, 2.24) is 0 Å². The van der Waals surface area contributed by atoms with Crippen molar-refractivity contribution in [2.45, 2.75) is 26.4 Å². The highest BCUT2D eigenvalue weighted by Crippen LogP contribution is 2.36. The second-order valence-electron chi connectivity index (χ2n) is 8.14. The molecule has 3 aromatic carbocycles. The Hall–Kier alpha value is -3.61. The first-order valence-corrected chi connectivity index (χ1v) is 12.8. The van der Waals surface area contributed by atoms with Gasteiger partial charge in [0.05, 0.1) is 12.2 Å². The maximum Gasteiger partial charge on any atom is 0.341 e. The lowest BCUT2D eigenvalue weighted by Crippen LogP contribution is -2.14. The molecule has 184 valence electrons.